The Kier molecular flexibility index (Phi) is 7.06. The summed E-state index contributed by atoms with van der Waals surface area (Å²) in [5.41, 5.74) is 2.50. The second-order valence-corrected chi connectivity index (χ2v) is 10.8. The molecule has 0 saturated carbocycles. The summed E-state index contributed by atoms with van der Waals surface area (Å²) in [5.74, 6) is 0.183. The van der Waals surface area contributed by atoms with Crippen molar-refractivity contribution in [1.82, 2.24) is 9.21 Å². The van der Waals surface area contributed by atoms with Crippen LogP contribution in [0.2, 0.25) is 0 Å². The fourth-order valence-corrected chi connectivity index (χ4v) is 5.87. The van der Waals surface area contributed by atoms with Gasteiger partial charge < -0.3 is 4.74 Å². The van der Waals surface area contributed by atoms with Gasteiger partial charge in [-0.15, -0.1) is 0 Å². The van der Waals surface area contributed by atoms with Gasteiger partial charge in [-0.2, -0.15) is 4.31 Å². The third-order valence-electron chi connectivity index (χ3n) is 6.52. The summed E-state index contributed by atoms with van der Waals surface area (Å²) in [6.07, 6.45) is 0.989. The minimum absolute atomic E-state index is 0.0941. The second kappa shape index (κ2) is 9.85. The fourth-order valence-electron chi connectivity index (χ4n) is 4.36. The number of nitrogens with zero attached hydrogens (tertiary/aromatic N) is 3. The molecule has 0 aliphatic carbocycles. The Morgan fingerprint density at radius 3 is 2.24 bits per heavy atom. The van der Waals surface area contributed by atoms with E-state index in [1.165, 1.54) is 9.21 Å². The summed E-state index contributed by atoms with van der Waals surface area (Å²) < 4.78 is 33.2. The lowest BCUT2D eigenvalue weighted by Gasteiger charge is -2.36. The lowest BCUT2D eigenvalue weighted by Crippen LogP contribution is -2.53. The third-order valence-corrected chi connectivity index (χ3v) is 8.42. The highest BCUT2D eigenvalue weighted by atomic mass is 32.2. The first-order chi connectivity index (χ1) is 16.2. The van der Waals surface area contributed by atoms with E-state index in [2.05, 4.69) is 0 Å². The van der Waals surface area contributed by atoms with E-state index in [1.807, 2.05) is 31.7 Å². The summed E-state index contributed by atoms with van der Waals surface area (Å²) >= 11 is 0. The number of imide groups is 1. The Bertz CT molecular complexity index is 1170. The molecule has 2 amide bonds. The van der Waals surface area contributed by atoms with E-state index in [0.29, 0.717) is 31.1 Å². The average molecular weight is 486 g/mol. The van der Waals surface area contributed by atoms with Crippen molar-refractivity contribution in [3.05, 3.63) is 53.6 Å². The number of rotatable bonds is 7. The van der Waals surface area contributed by atoms with Crippen LogP contribution in [0, 0.1) is 13.8 Å². The number of ether oxygens (including phenoxy) is 1. The molecule has 0 bridgehead atoms. The van der Waals surface area contributed by atoms with E-state index in [9.17, 15) is 18.0 Å². The van der Waals surface area contributed by atoms with Gasteiger partial charge >= 0.3 is 0 Å². The number of sulfonamides is 1. The number of anilines is 1. The molecule has 2 aromatic rings. The highest BCUT2D eigenvalue weighted by Crippen LogP contribution is 2.29. The zero-order valence-electron chi connectivity index (χ0n) is 19.9. The predicted molar refractivity (Wildman–Crippen MR) is 129 cm³/mol. The standard InChI is InChI=1S/C25H31N3O5S/c1-4-15-33-21-8-6-20(7-9-21)28-24(29)17-23(25(28)30)26-11-13-27(14-12-26)34(31,32)22-10-5-18(2)19(3)16-22/h5-10,16,23H,4,11-15,17H2,1-3H3. The van der Waals surface area contributed by atoms with Crippen molar-refractivity contribution in [1.29, 1.82) is 0 Å². The van der Waals surface area contributed by atoms with Crippen molar-refractivity contribution in [3.8, 4) is 5.75 Å². The maximum atomic E-state index is 13.1. The molecule has 8 nitrogen and oxygen atoms in total. The topological polar surface area (TPSA) is 87.2 Å². The van der Waals surface area contributed by atoms with Gasteiger partial charge in [-0.25, -0.2) is 13.3 Å². The molecule has 2 heterocycles. The first kappa shape index (κ1) is 24.4. The Morgan fingerprint density at radius 1 is 0.941 bits per heavy atom. The summed E-state index contributed by atoms with van der Waals surface area (Å²) in [6.45, 7) is 7.81. The third kappa shape index (κ3) is 4.73. The van der Waals surface area contributed by atoms with Gasteiger partial charge in [0.1, 0.15) is 5.75 Å². The van der Waals surface area contributed by atoms with Crippen molar-refractivity contribution in [3.63, 3.8) is 0 Å². The number of hydrogen-bond donors (Lipinski definition) is 0. The van der Waals surface area contributed by atoms with Crippen molar-refractivity contribution in [2.75, 3.05) is 37.7 Å². The molecule has 1 atom stereocenters. The second-order valence-electron chi connectivity index (χ2n) is 8.82. The SMILES string of the molecule is CCCOc1ccc(N2C(=O)CC(N3CCN(S(=O)(=O)c4ccc(C)c(C)c4)CC3)C2=O)cc1. The van der Waals surface area contributed by atoms with E-state index < -0.39 is 16.1 Å². The van der Waals surface area contributed by atoms with Crippen LogP contribution in [-0.4, -0.2) is 68.3 Å². The largest absolute Gasteiger partial charge is 0.494 e. The first-order valence-electron chi connectivity index (χ1n) is 11.6. The molecule has 2 aliphatic rings. The van der Waals surface area contributed by atoms with Crippen LogP contribution in [0.4, 0.5) is 5.69 Å². The molecule has 2 aromatic carbocycles. The molecule has 2 aliphatic heterocycles. The predicted octanol–water partition coefficient (Wildman–Crippen LogP) is 2.73. The maximum Gasteiger partial charge on any atom is 0.251 e. The highest BCUT2D eigenvalue weighted by Gasteiger charge is 2.44. The van der Waals surface area contributed by atoms with Crippen LogP contribution in [0.3, 0.4) is 0 Å². The zero-order chi connectivity index (χ0) is 24.5. The van der Waals surface area contributed by atoms with Gasteiger partial charge in [-0.3, -0.25) is 14.5 Å². The summed E-state index contributed by atoms with van der Waals surface area (Å²) in [5, 5.41) is 0. The smallest absolute Gasteiger partial charge is 0.251 e. The van der Waals surface area contributed by atoms with Gasteiger partial charge in [0.05, 0.1) is 29.7 Å². The first-order valence-corrected chi connectivity index (χ1v) is 13.1. The minimum atomic E-state index is -3.60. The Morgan fingerprint density at radius 2 is 1.62 bits per heavy atom. The summed E-state index contributed by atoms with van der Waals surface area (Å²) in [6, 6.07) is 11.5. The van der Waals surface area contributed by atoms with Crippen LogP contribution in [0.5, 0.6) is 5.75 Å². The van der Waals surface area contributed by atoms with Crippen LogP contribution in [0.1, 0.15) is 30.9 Å². The Balaban J connectivity index is 1.41. The van der Waals surface area contributed by atoms with E-state index in [1.54, 1.807) is 36.4 Å². The Hall–Kier alpha value is -2.75. The normalized spacial score (nSPS) is 20.2. The van der Waals surface area contributed by atoms with E-state index >= 15 is 0 Å². The van der Waals surface area contributed by atoms with Gasteiger partial charge in [0.25, 0.3) is 5.91 Å². The molecule has 4 rings (SSSR count). The Labute approximate surface area is 201 Å². The molecule has 0 radical (unpaired) electrons. The molecule has 1 unspecified atom stereocenters. The highest BCUT2D eigenvalue weighted by molar-refractivity contribution is 7.89. The maximum absolute atomic E-state index is 13.1. The fraction of sp³-hybridized carbons (Fsp3) is 0.440. The van der Waals surface area contributed by atoms with Crippen LogP contribution in [0.25, 0.3) is 0 Å². The average Bonchev–Trinajstić information content (AvgIpc) is 3.13. The molecule has 182 valence electrons. The molecule has 0 spiro atoms. The van der Waals surface area contributed by atoms with Crippen LogP contribution >= 0.6 is 0 Å². The van der Waals surface area contributed by atoms with Gasteiger partial charge in [-0.1, -0.05) is 13.0 Å². The van der Waals surface area contributed by atoms with Gasteiger partial charge in [0.15, 0.2) is 0 Å². The van der Waals surface area contributed by atoms with Crippen molar-refractivity contribution in [2.45, 2.75) is 44.6 Å². The molecule has 0 N–H and O–H groups in total. The minimum Gasteiger partial charge on any atom is -0.494 e. The number of amides is 2. The van der Waals surface area contributed by atoms with Crippen LogP contribution in [0.15, 0.2) is 47.4 Å². The van der Waals surface area contributed by atoms with Crippen LogP contribution in [-0.2, 0) is 19.6 Å². The van der Waals surface area contributed by atoms with E-state index in [4.69, 9.17) is 4.74 Å². The molecule has 2 fully saturated rings. The van der Waals surface area contributed by atoms with E-state index in [0.717, 1.165) is 17.5 Å². The molecule has 0 aromatic heterocycles. The van der Waals surface area contributed by atoms with Gasteiger partial charge in [0, 0.05) is 26.2 Å². The molecular weight excluding hydrogens is 454 g/mol. The number of carbonyl (C=O) groups excluding carboxylic acids is 2. The van der Waals surface area contributed by atoms with Crippen molar-refractivity contribution >= 4 is 27.5 Å². The van der Waals surface area contributed by atoms with Gasteiger partial charge in [0.2, 0.25) is 15.9 Å². The van der Waals surface area contributed by atoms with Gasteiger partial charge in [-0.05, 0) is 67.8 Å². The lowest BCUT2D eigenvalue weighted by molar-refractivity contribution is -0.123. The van der Waals surface area contributed by atoms with E-state index in [-0.39, 0.29) is 36.2 Å². The lowest BCUT2D eigenvalue weighted by atomic mass is 10.1. The summed E-state index contributed by atoms with van der Waals surface area (Å²) in [4.78, 5) is 29.3. The monoisotopic (exact) mass is 485 g/mol. The van der Waals surface area contributed by atoms with Crippen LogP contribution < -0.4 is 9.64 Å². The number of piperazine rings is 1. The molecule has 2 saturated heterocycles. The number of aryl methyl sites for hydroxylation is 2. The summed E-state index contributed by atoms with van der Waals surface area (Å²) in [7, 11) is -3.60. The number of carbonyl (C=O) groups is 2. The molecular formula is C25H31N3O5S. The number of benzene rings is 2. The zero-order valence-corrected chi connectivity index (χ0v) is 20.7. The number of hydrogen-bond acceptors (Lipinski definition) is 6. The quantitative estimate of drug-likeness (QED) is 0.561. The van der Waals surface area contributed by atoms with Crippen molar-refractivity contribution < 1.29 is 22.7 Å². The van der Waals surface area contributed by atoms with Crippen molar-refractivity contribution in [2.24, 2.45) is 0 Å². The molecule has 34 heavy (non-hydrogen) atoms. The molecule has 9 heteroatoms.